The molecular weight excluding hydrogens is 296 g/mol. The number of carbonyl (C=O) groups is 1. The number of nitrogens with two attached hydrogens (primary N) is 1. The Kier molecular flexibility index (Phi) is 8.79. The van der Waals surface area contributed by atoms with E-state index in [-0.39, 0.29) is 19.1 Å². The molecule has 0 aliphatic carbocycles. The molecule has 6 heteroatoms. The van der Waals surface area contributed by atoms with Crippen molar-refractivity contribution in [3.05, 3.63) is 29.8 Å². The number of hydrogen-bond acceptors (Lipinski definition) is 5. The van der Waals surface area contributed by atoms with Gasteiger partial charge < -0.3 is 25.6 Å². The molecule has 0 saturated heterocycles. The van der Waals surface area contributed by atoms with Crippen molar-refractivity contribution in [2.75, 3.05) is 38.7 Å². The number of anilines is 1. The average molecular weight is 322 g/mol. The molecule has 4 N–H and O–H groups in total. The summed E-state index contributed by atoms with van der Waals surface area (Å²) in [6.07, 6.45) is 3.13. The Morgan fingerprint density at radius 3 is 2.83 bits per heavy atom. The fourth-order valence-electron chi connectivity index (χ4n) is 1.70. The Balaban J connectivity index is 2.44. The van der Waals surface area contributed by atoms with Gasteiger partial charge in [-0.25, -0.2) is 0 Å². The minimum Gasteiger partial charge on any atom is -0.491 e. The summed E-state index contributed by atoms with van der Waals surface area (Å²) in [4.78, 5) is 11.6. The first kappa shape index (κ1) is 19.0. The van der Waals surface area contributed by atoms with Crippen molar-refractivity contribution in [3.63, 3.8) is 0 Å². The van der Waals surface area contributed by atoms with Gasteiger partial charge in [-0.2, -0.15) is 0 Å². The predicted molar refractivity (Wildman–Crippen MR) is 91.1 cm³/mol. The van der Waals surface area contributed by atoms with Gasteiger partial charge in [0, 0.05) is 12.6 Å². The number of aliphatic hydroxyl groups is 1. The lowest BCUT2D eigenvalue weighted by Gasteiger charge is -2.11. The highest BCUT2D eigenvalue weighted by Crippen LogP contribution is 2.23. The summed E-state index contributed by atoms with van der Waals surface area (Å²) in [6.45, 7) is 5.77. The first-order valence-corrected chi connectivity index (χ1v) is 7.69. The van der Waals surface area contributed by atoms with Crippen LogP contribution >= 0.6 is 0 Å². The molecule has 23 heavy (non-hydrogen) atoms. The highest BCUT2D eigenvalue weighted by Gasteiger charge is 2.03. The fourth-order valence-corrected chi connectivity index (χ4v) is 1.70. The van der Waals surface area contributed by atoms with E-state index in [2.05, 4.69) is 19.2 Å². The summed E-state index contributed by atoms with van der Waals surface area (Å²) in [5, 5.41) is 11.2. The maximum absolute atomic E-state index is 11.6. The van der Waals surface area contributed by atoms with Gasteiger partial charge in [-0.3, -0.25) is 4.79 Å². The van der Waals surface area contributed by atoms with Crippen molar-refractivity contribution in [2.24, 2.45) is 5.92 Å². The molecule has 0 saturated carbocycles. The van der Waals surface area contributed by atoms with Crippen LogP contribution in [-0.4, -0.2) is 44.0 Å². The van der Waals surface area contributed by atoms with Gasteiger partial charge in [0.05, 0.1) is 32.1 Å². The summed E-state index contributed by atoms with van der Waals surface area (Å²) in [5.74, 6) is 0.872. The molecule has 0 unspecified atom stereocenters. The molecule has 0 aromatic heterocycles. The second kappa shape index (κ2) is 10.6. The summed E-state index contributed by atoms with van der Waals surface area (Å²) >= 11 is 0. The van der Waals surface area contributed by atoms with Crippen molar-refractivity contribution in [2.45, 2.75) is 13.8 Å². The molecule has 0 radical (unpaired) electrons. The molecule has 0 atom stereocenters. The third-order valence-corrected chi connectivity index (χ3v) is 2.81. The normalized spacial score (nSPS) is 11.1. The number of amides is 1. The molecular formula is C17H26N2O4. The number of benzene rings is 1. The molecule has 128 valence electrons. The van der Waals surface area contributed by atoms with Gasteiger partial charge in [0.15, 0.2) is 0 Å². The molecule has 0 aliphatic heterocycles. The van der Waals surface area contributed by atoms with Crippen LogP contribution in [0.2, 0.25) is 0 Å². The third-order valence-electron chi connectivity index (χ3n) is 2.81. The Bertz CT molecular complexity index is 515. The molecule has 0 heterocycles. The Morgan fingerprint density at radius 1 is 1.39 bits per heavy atom. The maximum atomic E-state index is 11.6. The number of nitrogen functional groups attached to an aromatic ring is 1. The van der Waals surface area contributed by atoms with E-state index in [4.69, 9.17) is 20.3 Å². The van der Waals surface area contributed by atoms with Gasteiger partial charge in [-0.05, 0) is 29.7 Å². The van der Waals surface area contributed by atoms with Crippen LogP contribution in [-0.2, 0) is 9.53 Å². The number of rotatable bonds is 10. The lowest BCUT2D eigenvalue weighted by molar-refractivity contribution is -0.116. The van der Waals surface area contributed by atoms with Crippen molar-refractivity contribution < 1.29 is 19.4 Å². The number of ether oxygens (including phenoxy) is 2. The molecule has 0 bridgehead atoms. The van der Waals surface area contributed by atoms with E-state index >= 15 is 0 Å². The van der Waals surface area contributed by atoms with Crippen LogP contribution in [0.1, 0.15) is 19.4 Å². The van der Waals surface area contributed by atoms with E-state index in [9.17, 15) is 4.79 Å². The van der Waals surface area contributed by atoms with Gasteiger partial charge in [0.1, 0.15) is 5.75 Å². The van der Waals surface area contributed by atoms with Crippen LogP contribution in [0.25, 0.3) is 6.08 Å². The first-order chi connectivity index (χ1) is 11.0. The van der Waals surface area contributed by atoms with Gasteiger partial charge >= 0.3 is 0 Å². The predicted octanol–water partition coefficient (Wildman–Crippen LogP) is 1.44. The topological polar surface area (TPSA) is 93.8 Å². The lowest BCUT2D eigenvalue weighted by atomic mass is 10.1. The Hall–Kier alpha value is -2.05. The Morgan fingerprint density at radius 2 is 2.17 bits per heavy atom. The van der Waals surface area contributed by atoms with E-state index < -0.39 is 0 Å². The van der Waals surface area contributed by atoms with Crippen molar-refractivity contribution in [1.29, 1.82) is 0 Å². The first-order valence-electron chi connectivity index (χ1n) is 7.69. The van der Waals surface area contributed by atoms with E-state index in [0.717, 1.165) is 5.56 Å². The number of nitrogens with one attached hydrogen (secondary N) is 1. The summed E-state index contributed by atoms with van der Waals surface area (Å²) in [7, 11) is 0. The van der Waals surface area contributed by atoms with Crippen LogP contribution in [0, 0.1) is 5.92 Å². The second-order valence-corrected chi connectivity index (χ2v) is 5.46. The van der Waals surface area contributed by atoms with Crippen LogP contribution < -0.4 is 15.8 Å². The van der Waals surface area contributed by atoms with Crippen LogP contribution in [0.3, 0.4) is 0 Å². The van der Waals surface area contributed by atoms with E-state index in [1.54, 1.807) is 18.2 Å². The molecule has 1 aromatic rings. The molecule has 1 aromatic carbocycles. The van der Waals surface area contributed by atoms with E-state index in [0.29, 0.717) is 37.1 Å². The zero-order valence-corrected chi connectivity index (χ0v) is 13.7. The SMILES string of the molecule is CC(C)COc1ccc(/C=C\C(=O)NCCOCCO)cc1N. The molecule has 0 spiro atoms. The number of hydrogen-bond donors (Lipinski definition) is 3. The highest BCUT2D eigenvalue weighted by molar-refractivity contribution is 5.91. The summed E-state index contributed by atoms with van der Waals surface area (Å²) < 4.78 is 10.6. The van der Waals surface area contributed by atoms with Crippen LogP contribution in [0.15, 0.2) is 24.3 Å². The van der Waals surface area contributed by atoms with Gasteiger partial charge in [-0.1, -0.05) is 19.9 Å². The zero-order valence-electron chi connectivity index (χ0n) is 13.7. The largest absolute Gasteiger partial charge is 0.491 e. The minimum atomic E-state index is -0.212. The number of aliphatic hydroxyl groups excluding tert-OH is 1. The van der Waals surface area contributed by atoms with Crippen molar-refractivity contribution in [3.8, 4) is 5.75 Å². The van der Waals surface area contributed by atoms with Crippen LogP contribution in [0.5, 0.6) is 5.75 Å². The maximum Gasteiger partial charge on any atom is 0.244 e. The average Bonchev–Trinajstić information content (AvgIpc) is 2.51. The zero-order chi connectivity index (χ0) is 17.1. The summed E-state index contributed by atoms with van der Waals surface area (Å²) in [6, 6.07) is 5.42. The highest BCUT2D eigenvalue weighted by atomic mass is 16.5. The molecule has 1 amide bonds. The van der Waals surface area contributed by atoms with Gasteiger partial charge in [0.25, 0.3) is 0 Å². The second-order valence-electron chi connectivity index (χ2n) is 5.46. The third kappa shape index (κ3) is 8.23. The Labute approximate surface area is 137 Å². The minimum absolute atomic E-state index is 0.0217. The molecule has 0 fully saturated rings. The fraction of sp³-hybridized carbons (Fsp3) is 0.471. The smallest absolute Gasteiger partial charge is 0.244 e. The van der Waals surface area contributed by atoms with Crippen molar-refractivity contribution >= 4 is 17.7 Å². The van der Waals surface area contributed by atoms with E-state index in [1.807, 2.05) is 6.07 Å². The monoisotopic (exact) mass is 322 g/mol. The molecule has 1 rings (SSSR count). The molecule has 6 nitrogen and oxygen atoms in total. The molecule has 0 aliphatic rings. The van der Waals surface area contributed by atoms with Crippen molar-refractivity contribution in [1.82, 2.24) is 5.32 Å². The van der Waals surface area contributed by atoms with E-state index in [1.165, 1.54) is 6.08 Å². The number of carbonyl (C=O) groups excluding carboxylic acids is 1. The van der Waals surface area contributed by atoms with Gasteiger partial charge in [-0.15, -0.1) is 0 Å². The standard InChI is InChI=1S/C17H26N2O4/c1-13(2)12-23-16-5-3-14(11-15(16)18)4-6-17(21)19-7-9-22-10-8-20/h3-6,11,13,20H,7-10,12,18H2,1-2H3,(H,19,21)/b6-4-. The quantitative estimate of drug-likeness (QED) is 0.344. The van der Waals surface area contributed by atoms with Gasteiger partial charge in [0.2, 0.25) is 5.91 Å². The van der Waals surface area contributed by atoms with Crippen LogP contribution in [0.4, 0.5) is 5.69 Å². The lowest BCUT2D eigenvalue weighted by Crippen LogP contribution is -2.25. The summed E-state index contributed by atoms with van der Waals surface area (Å²) in [5.41, 5.74) is 7.32.